The summed E-state index contributed by atoms with van der Waals surface area (Å²) < 4.78 is 2.02. The molecule has 2 aromatic rings. The number of hydrogen-bond acceptors (Lipinski definition) is 2. The summed E-state index contributed by atoms with van der Waals surface area (Å²) in [5, 5.41) is 4.54. The molecule has 4 heteroatoms. The van der Waals surface area contributed by atoms with Gasteiger partial charge in [0.15, 0.2) is 0 Å². The van der Waals surface area contributed by atoms with E-state index in [4.69, 9.17) is 0 Å². The Bertz CT molecular complexity index is 764. The first-order chi connectivity index (χ1) is 13.1. The third-order valence-electron chi connectivity index (χ3n) is 6.31. The summed E-state index contributed by atoms with van der Waals surface area (Å²) in [4.78, 5) is 15.6. The Labute approximate surface area is 162 Å². The SMILES string of the molecule is Cc1cc(C)n(Cc2ccc(C(=O)N(C3CCCC3)C3CCCC3)cc2)n1. The highest BCUT2D eigenvalue weighted by atomic mass is 16.2. The second kappa shape index (κ2) is 7.87. The molecule has 1 heterocycles. The number of carbonyl (C=O) groups is 1. The fourth-order valence-electron chi connectivity index (χ4n) is 4.90. The van der Waals surface area contributed by atoms with E-state index in [2.05, 4.69) is 35.1 Å². The van der Waals surface area contributed by atoms with Crippen molar-refractivity contribution in [2.45, 2.75) is 83.8 Å². The minimum atomic E-state index is 0.242. The van der Waals surface area contributed by atoms with Gasteiger partial charge in [0.2, 0.25) is 0 Å². The quantitative estimate of drug-likeness (QED) is 0.758. The summed E-state index contributed by atoms with van der Waals surface area (Å²) in [7, 11) is 0. The molecule has 4 nitrogen and oxygen atoms in total. The molecule has 2 aliphatic rings. The minimum absolute atomic E-state index is 0.242. The molecule has 4 rings (SSSR count). The first kappa shape index (κ1) is 18.3. The summed E-state index contributed by atoms with van der Waals surface area (Å²) >= 11 is 0. The van der Waals surface area contributed by atoms with Gasteiger partial charge in [0, 0.05) is 23.3 Å². The fraction of sp³-hybridized carbons (Fsp3) is 0.565. The van der Waals surface area contributed by atoms with Crippen LogP contribution in [0.2, 0.25) is 0 Å². The predicted molar refractivity (Wildman–Crippen MR) is 108 cm³/mol. The Kier molecular flexibility index (Phi) is 5.33. The van der Waals surface area contributed by atoms with Crippen LogP contribution in [0.25, 0.3) is 0 Å². The van der Waals surface area contributed by atoms with Crippen LogP contribution in [0.5, 0.6) is 0 Å². The Hall–Kier alpha value is -2.10. The third kappa shape index (κ3) is 3.95. The van der Waals surface area contributed by atoms with Crippen LogP contribution in [0.15, 0.2) is 30.3 Å². The van der Waals surface area contributed by atoms with Gasteiger partial charge in [-0.15, -0.1) is 0 Å². The average molecular weight is 366 g/mol. The lowest BCUT2D eigenvalue weighted by molar-refractivity contribution is 0.0580. The Morgan fingerprint density at radius 2 is 1.56 bits per heavy atom. The lowest BCUT2D eigenvalue weighted by Gasteiger charge is -2.34. The molecule has 0 spiro atoms. The first-order valence-electron chi connectivity index (χ1n) is 10.5. The molecule has 2 aliphatic carbocycles. The maximum Gasteiger partial charge on any atom is 0.254 e. The summed E-state index contributed by atoms with van der Waals surface area (Å²) in [5.41, 5.74) is 4.24. The van der Waals surface area contributed by atoms with Crippen molar-refractivity contribution in [2.75, 3.05) is 0 Å². The third-order valence-corrected chi connectivity index (χ3v) is 6.31. The van der Waals surface area contributed by atoms with Crippen LogP contribution >= 0.6 is 0 Å². The van der Waals surface area contributed by atoms with Crippen LogP contribution in [-0.2, 0) is 6.54 Å². The van der Waals surface area contributed by atoms with E-state index in [1.54, 1.807) is 0 Å². The molecule has 1 amide bonds. The van der Waals surface area contributed by atoms with Crippen LogP contribution < -0.4 is 0 Å². The molecule has 1 aromatic heterocycles. The molecule has 0 atom stereocenters. The van der Waals surface area contributed by atoms with Gasteiger partial charge in [0.1, 0.15) is 0 Å². The van der Waals surface area contributed by atoms with Gasteiger partial charge in [-0.05, 0) is 63.3 Å². The van der Waals surface area contributed by atoms with Crippen molar-refractivity contribution in [3.8, 4) is 0 Å². The van der Waals surface area contributed by atoms with Crippen molar-refractivity contribution in [1.82, 2.24) is 14.7 Å². The molecule has 27 heavy (non-hydrogen) atoms. The molecule has 2 fully saturated rings. The van der Waals surface area contributed by atoms with Gasteiger partial charge in [0.25, 0.3) is 5.91 Å². The second-order valence-electron chi connectivity index (χ2n) is 8.37. The van der Waals surface area contributed by atoms with E-state index in [-0.39, 0.29) is 5.91 Å². The molecule has 144 valence electrons. The molecule has 1 aromatic carbocycles. The van der Waals surface area contributed by atoms with Crippen molar-refractivity contribution in [2.24, 2.45) is 0 Å². The average Bonchev–Trinajstić information content (AvgIpc) is 3.40. The molecule has 0 saturated heterocycles. The van der Waals surface area contributed by atoms with Crippen LogP contribution in [-0.4, -0.2) is 32.7 Å². The van der Waals surface area contributed by atoms with Crippen molar-refractivity contribution in [3.05, 3.63) is 52.8 Å². The number of aryl methyl sites for hydroxylation is 2. The Balaban J connectivity index is 1.50. The highest BCUT2D eigenvalue weighted by Crippen LogP contribution is 2.32. The van der Waals surface area contributed by atoms with Gasteiger partial charge < -0.3 is 4.90 Å². The smallest absolute Gasteiger partial charge is 0.254 e. The molecule has 0 radical (unpaired) electrons. The molecule has 0 bridgehead atoms. The monoisotopic (exact) mass is 365 g/mol. The summed E-state index contributed by atoms with van der Waals surface area (Å²) in [6.07, 6.45) is 9.78. The fourth-order valence-corrected chi connectivity index (χ4v) is 4.90. The normalized spacial score (nSPS) is 18.3. The topological polar surface area (TPSA) is 38.1 Å². The van der Waals surface area contributed by atoms with E-state index in [1.165, 1.54) is 62.6 Å². The first-order valence-corrected chi connectivity index (χ1v) is 10.5. The summed E-state index contributed by atoms with van der Waals surface area (Å²) in [6, 6.07) is 11.2. The molecule has 0 N–H and O–H groups in total. The van der Waals surface area contributed by atoms with Gasteiger partial charge >= 0.3 is 0 Å². The molecular weight excluding hydrogens is 334 g/mol. The van der Waals surface area contributed by atoms with Gasteiger partial charge in [-0.1, -0.05) is 37.8 Å². The van der Waals surface area contributed by atoms with Crippen LogP contribution in [0.4, 0.5) is 0 Å². The highest BCUT2D eigenvalue weighted by molar-refractivity contribution is 5.94. The van der Waals surface area contributed by atoms with E-state index >= 15 is 0 Å². The van der Waals surface area contributed by atoms with E-state index in [0.717, 1.165) is 17.8 Å². The Morgan fingerprint density at radius 3 is 2.04 bits per heavy atom. The van der Waals surface area contributed by atoms with Gasteiger partial charge in [-0.2, -0.15) is 5.10 Å². The number of carbonyl (C=O) groups excluding carboxylic acids is 1. The highest BCUT2D eigenvalue weighted by Gasteiger charge is 2.34. The zero-order valence-corrected chi connectivity index (χ0v) is 16.7. The number of hydrogen-bond donors (Lipinski definition) is 0. The standard InChI is InChI=1S/C23H31N3O/c1-17-15-18(2)25(24-17)16-19-11-13-20(14-12-19)23(27)26(21-7-3-4-8-21)22-9-5-6-10-22/h11-15,21-22H,3-10,16H2,1-2H3. The largest absolute Gasteiger partial charge is 0.333 e. The molecule has 0 aliphatic heterocycles. The van der Waals surface area contributed by atoms with E-state index in [0.29, 0.717) is 12.1 Å². The second-order valence-corrected chi connectivity index (χ2v) is 8.37. The van der Waals surface area contributed by atoms with E-state index in [1.807, 2.05) is 23.7 Å². The molecular formula is C23H31N3O. The van der Waals surface area contributed by atoms with Crippen molar-refractivity contribution in [1.29, 1.82) is 0 Å². The predicted octanol–water partition coefficient (Wildman–Crippen LogP) is 4.88. The zero-order chi connectivity index (χ0) is 18.8. The molecule has 2 saturated carbocycles. The zero-order valence-electron chi connectivity index (χ0n) is 16.7. The maximum atomic E-state index is 13.4. The summed E-state index contributed by atoms with van der Waals surface area (Å²) in [5.74, 6) is 0.242. The lowest BCUT2D eigenvalue weighted by Crippen LogP contribution is -2.45. The maximum absolute atomic E-state index is 13.4. The number of aromatic nitrogens is 2. The van der Waals surface area contributed by atoms with E-state index < -0.39 is 0 Å². The number of nitrogens with zero attached hydrogens (tertiary/aromatic N) is 3. The van der Waals surface area contributed by atoms with Gasteiger partial charge in [-0.25, -0.2) is 0 Å². The number of benzene rings is 1. The van der Waals surface area contributed by atoms with Crippen LogP contribution in [0.1, 0.15) is 78.7 Å². The van der Waals surface area contributed by atoms with Gasteiger partial charge in [0.05, 0.1) is 12.2 Å². The minimum Gasteiger partial charge on any atom is -0.333 e. The van der Waals surface area contributed by atoms with Crippen molar-refractivity contribution in [3.63, 3.8) is 0 Å². The van der Waals surface area contributed by atoms with Crippen LogP contribution in [0, 0.1) is 13.8 Å². The summed E-state index contributed by atoms with van der Waals surface area (Å²) in [6.45, 7) is 4.86. The van der Waals surface area contributed by atoms with E-state index in [9.17, 15) is 4.79 Å². The van der Waals surface area contributed by atoms with Crippen molar-refractivity contribution < 1.29 is 4.79 Å². The lowest BCUT2D eigenvalue weighted by atomic mass is 10.0. The van der Waals surface area contributed by atoms with Gasteiger partial charge in [-0.3, -0.25) is 9.48 Å². The van der Waals surface area contributed by atoms with Crippen molar-refractivity contribution >= 4 is 5.91 Å². The van der Waals surface area contributed by atoms with Crippen LogP contribution in [0.3, 0.4) is 0 Å². The molecule has 0 unspecified atom stereocenters. The Morgan fingerprint density at radius 1 is 1.00 bits per heavy atom. The number of rotatable bonds is 5. The number of amides is 1.